The van der Waals surface area contributed by atoms with E-state index in [0.29, 0.717) is 35.0 Å². The first-order valence-electron chi connectivity index (χ1n) is 9.96. The summed E-state index contributed by atoms with van der Waals surface area (Å²) in [6.07, 6.45) is 3.71. The van der Waals surface area contributed by atoms with Gasteiger partial charge in [-0.1, -0.05) is 55.9 Å². The molecule has 29 heavy (non-hydrogen) atoms. The smallest absolute Gasteiger partial charge is 0.230 e. The van der Waals surface area contributed by atoms with Crippen molar-refractivity contribution >= 4 is 17.7 Å². The Morgan fingerprint density at radius 1 is 1.10 bits per heavy atom. The van der Waals surface area contributed by atoms with Crippen molar-refractivity contribution in [3.63, 3.8) is 0 Å². The molecule has 0 fully saturated rings. The molecule has 0 aliphatic heterocycles. The van der Waals surface area contributed by atoms with Gasteiger partial charge in [0.05, 0.1) is 18.6 Å². The number of amides is 1. The minimum atomic E-state index is 0.0139. The molecule has 0 aliphatic carbocycles. The average molecular weight is 413 g/mol. The molecule has 3 aromatic rings. The molecule has 0 aliphatic rings. The second-order valence-corrected chi connectivity index (χ2v) is 8.53. The fourth-order valence-corrected chi connectivity index (χ4v) is 3.74. The summed E-state index contributed by atoms with van der Waals surface area (Å²) in [6, 6.07) is 14.0. The average Bonchev–Trinajstić information content (AvgIpc) is 3.35. The monoisotopic (exact) mass is 412 g/mol. The molecule has 7 heteroatoms. The van der Waals surface area contributed by atoms with Crippen LogP contribution in [0.25, 0.3) is 11.6 Å². The summed E-state index contributed by atoms with van der Waals surface area (Å²) in [5.74, 6) is 2.27. The summed E-state index contributed by atoms with van der Waals surface area (Å²) < 4.78 is 7.52. The van der Waals surface area contributed by atoms with Gasteiger partial charge in [-0.3, -0.25) is 9.36 Å². The highest BCUT2D eigenvalue weighted by Gasteiger charge is 2.18. The van der Waals surface area contributed by atoms with E-state index in [-0.39, 0.29) is 11.9 Å². The molecule has 6 nitrogen and oxygen atoms in total. The zero-order valence-electron chi connectivity index (χ0n) is 17.2. The number of thioether (sulfide) groups is 1. The predicted octanol–water partition coefficient (Wildman–Crippen LogP) is 4.62. The first-order chi connectivity index (χ1) is 14.0. The topological polar surface area (TPSA) is 73.0 Å². The molecule has 0 radical (unpaired) electrons. The van der Waals surface area contributed by atoms with E-state index in [9.17, 15) is 4.79 Å². The molecule has 0 spiro atoms. The first-order valence-corrected chi connectivity index (χ1v) is 10.9. The number of benzene rings is 1. The van der Waals surface area contributed by atoms with Gasteiger partial charge in [-0.15, -0.1) is 10.2 Å². The van der Waals surface area contributed by atoms with E-state index < -0.39 is 0 Å². The summed E-state index contributed by atoms with van der Waals surface area (Å²) >= 11 is 1.39. The third-order valence-electron chi connectivity index (χ3n) is 4.56. The number of carbonyl (C=O) groups excluding carboxylic acids is 1. The fourth-order valence-electron chi connectivity index (χ4n) is 2.99. The van der Waals surface area contributed by atoms with Gasteiger partial charge in [0.15, 0.2) is 10.9 Å². The molecule has 0 saturated heterocycles. The molecule has 1 N–H and O–H groups in total. The molecule has 0 bridgehead atoms. The van der Waals surface area contributed by atoms with E-state index in [0.717, 1.165) is 18.4 Å². The predicted molar refractivity (Wildman–Crippen MR) is 116 cm³/mol. The number of hydrogen-bond donors (Lipinski definition) is 1. The third-order valence-corrected chi connectivity index (χ3v) is 5.53. The molecule has 0 saturated carbocycles. The van der Waals surface area contributed by atoms with Crippen molar-refractivity contribution in [1.29, 1.82) is 0 Å². The SMILES string of the molecule is CC(C)CCC(C)NC(=O)CSc1nnc(-c2ccco2)n1Cc1ccccc1. The lowest BCUT2D eigenvalue weighted by atomic mass is 10.0. The van der Waals surface area contributed by atoms with Crippen LogP contribution in [0.5, 0.6) is 0 Å². The molecular formula is C22H28N4O2S. The highest BCUT2D eigenvalue weighted by atomic mass is 32.2. The van der Waals surface area contributed by atoms with Gasteiger partial charge in [-0.25, -0.2) is 0 Å². The van der Waals surface area contributed by atoms with Crippen LogP contribution in [-0.4, -0.2) is 32.5 Å². The molecular weight excluding hydrogens is 384 g/mol. The van der Waals surface area contributed by atoms with Crippen LogP contribution >= 0.6 is 11.8 Å². The van der Waals surface area contributed by atoms with Crippen molar-refractivity contribution in [3.05, 3.63) is 54.3 Å². The van der Waals surface area contributed by atoms with Gasteiger partial charge in [-0.2, -0.15) is 0 Å². The number of furan rings is 1. The van der Waals surface area contributed by atoms with Crippen LogP contribution in [0, 0.1) is 5.92 Å². The Morgan fingerprint density at radius 2 is 1.90 bits per heavy atom. The summed E-state index contributed by atoms with van der Waals surface area (Å²) in [4.78, 5) is 12.4. The van der Waals surface area contributed by atoms with Crippen molar-refractivity contribution < 1.29 is 9.21 Å². The van der Waals surface area contributed by atoms with Crippen molar-refractivity contribution in [2.24, 2.45) is 5.92 Å². The van der Waals surface area contributed by atoms with E-state index >= 15 is 0 Å². The Balaban J connectivity index is 1.68. The van der Waals surface area contributed by atoms with Crippen LogP contribution < -0.4 is 5.32 Å². The molecule has 154 valence electrons. The molecule has 2 heterocycles. The number of nitrogens with zero attached hydrogens (tertiary/aromatic N) is 3. The van der Waals surface area contributed by atoms with Gasteiger partial charge >= 0.3 is 0 Å². The Kier molecular flexibility index (Phi) is 7.52. The molecule has 2 aromatic heterocycles. The number of nitrogens with one attached hydrogen (secondary N) is 1. The van der Waals surface area contributed by atoms with Crippen molar-refractivity contribution in [2.75, 3.05) is 5.75 Å². The van der Waals surface area contributed by atoms with Crippen molar-refractivity contribution in [1.82, 2.24) is 20.1 Å². The van der Waals surface area contributed by atoms with Gasteiger partial charge in [0.2, 0.25) is 11.7 Å². The lowest BCUT2D eigenvalue weighted by Crippen LogP contribution is -2.34. The van der Waals surface area contributed by atoms with E-state index in [4.69, 9.17) is 4.42 Å². The van der Waals surface area contributed by atoms with Crippen LogP contribution in [0.4, 0.5) is 0 Å². The Bertz CT molecular complexity index is 891. The van der Waals surface area contributed by atoms with Gasteiger partial charge < -0.3 is 9.73 Å². The molecule has 1 unspecified atom stereocenters. The molecule has 3 rings (SSSR count). The number of rotatable bonds is 10. The zero-order valence-corrected chi connectivity index (χ0v) is 18.0. The summed E-state index contributed by atoms with van der Waals surface area (Å²) in [6.45, 7) is 7.05. The molecule has 1 aromatic carbocycles. The fraction of sp³-hybridized carbons (Fsp3) is 0.409. The summed E-state index contributed by atoms with van der Waals surface area (Å²) in [7, 11) is 0. The molecule has 1 amide bonds. The van der Waals surface area contributed by atoms with Crippen LogP contribution in [0.15, 0.2) is 58.3 Å². The number of aromatic nitrogens is 3. The van der Waals surface area contributed by atoms with Crippen LogP contribution in [0.2, 0.25) is 0 Å². The van der Waals surface area contributed by atoms with E-state index in [1.165, 1.54) is 11.8 Å². The zero-order chi connectivity index (χ0) is 20.6. The first kappa shape index (κ1) is 21.2. The van der Waals surface area contributed by atoms with E-state index in [1.807, 2.05) is 34.9 Å². The Labute approximate surface area is 176 Å². The summed E-state index contributed by atoms with van der Waals surface area (Å²) in [5, 5.41) is 12.4. The maximum atomic E-state index is 12.4. The van der Waals surface area contributed by atoms with Gasteiger partial charge in [0.1, 0.15) is 0 Å². The van der Waals surface area contributed by atoms with Crippen LogP contribution in [0.1, 0.15) is 39.2 Å². The van der Waals surface area contributed by atoms with Gasteiger partial charge in [-0.05, 0) is 43.4 Å². The lowest BCUT2D eigenvalue weighted by Gasteiger charge is -2.15. The normalized spacial score (nSPS) is 12.3. The minimum absolute atomic E-state index is 0.0139. The van der Waals surface area contributed by atoms with Crippen molar-refractivity contribution in [3.8, 4) is 11.6 Å². The highest BCUT2D eigenvalue weighted by molar-refractivity contribution is 7.99. The quantitative estimate of drug-likeness (QED) is 0.492. The Morgan fingerprint density at radius 3 is 2.59 bits per heavy atom. The minimum Gasteiger partial charge on any atom is -0.461 e. The maximum absolute atomic E-state index is 12.4. The summed E-state index contributed by atoms with van der Waals surface area (Å²) in [5.41, 5.74) is 1.13. The van der Waals surface area contributed by atoms with Gasteiger partial charge in [0.25, 0.3) is 0 Å². The van der Waals surface area contributed by atoms with Crippen LogP contribution in [-0.2, 0) is 11.3 Å². The number of hydrogen-bond acceptors (Lipinski definition) is 5. The largest absolute Gasteiger partial charge is 0.461 e. The third kappa shape index (κ3) is 6.22. The lowest BCUT2D eigenvalue weighted by molar-refractivity contribution is -0.119. The van der Waals surface area contributed by atoms with Gasteiger partial charge in [0, 0.05) is 6.04 Å². The maximum Gasteiger partial charge on any atom is 0.230 e. The Hall–Kier alpha value is -2.54. The highest BCUT2D eigenvalue weighted by Crippen LogP contribution is 2.25. The second kappa shape index (κ2) is 10.3. The standard InChI is InChI=1S/C22H28N4O2S/c1-16(2)11-12-17(3)23-20(27)15-29-22-25-24-21(19-10-7-13-28-19)26(22)14-18-8-5-4-6-9-18/h4-10,13,16-17H,11-12,14-15H2,1-3H3,(H,23,27). The molecule has 1 atom stereocenters. The van der Waals surface area contributed by atoms with Crippen LogP contribution in [0.3, 0.4) is 0 Å². The second-order valence-electron chi connectivity index (χ2n) is 7.58. The number of carbonyl (C=O) groups is 1. The van der Waals surface area contributed by atoms with E-state index in [2.05, 4.69) is 48.4 Å². The van der Waals surface area contributed by atoms with E-state index in [1.54, 1.807) is 6.26 Å². The van der Waals surface area contributed by atoms with Crippen molar-refractivity contribution in [2.45, 2.75) is 51.4 Å².